The number of aromatic nitrogens is 1. The second-order valence-corrected chi connectivity index (χ2v) is 9.02. The lowest BCUT2D eigenvalue weighted by molar-refractivity contribution is 0.0772. The molecule has 1 aliphatic heterocycles. The van der Waals surface area contributed by atoms with Crippen molar-refractivity contribution in [3.8, 4) is 0 Å². The summed E-state index contributed by atoms with van der Waals surface area (Å²) in [6.45, 7) is 4.20. The quantitative estimate of drug-likeness (QED) is 0.519. The molecule has 4 rings (SSSR count). The fourth-order valence-corrected chi connectivity index (χ4v) is 4.52. The standard InChI is InChI=1S/C26H29FN4O2S/c1-18-9-10-22(25(32)30(2)17-21-7-5-15-33-21)24(29-18)19-11-13-31(14-12-19)26(34)28-16-20-6-3-4-8-23(20)27/h3-10,15,19H,11-14,16-17H2,1-2H3,(H,28,34). The van der Waals surface area contributed by atoms with Gasteiger partial charge in [0.1, 0.15) is 11.6 Å². The maximum atomic E-state index is 13.9. The van der Waals surface area contributed by atoms with Gasteiger partial charge in [-0.2, -0.15) is 0 Å². The average Bonchev–Trinajstić information content (AvgIpc) is 3.36. The molecule has 0 radical (unpaired) electrons. The van der Waals surface area contributed by atoms with Gasteiger partial charge in [-0.05, 0) is 62.3 Å². The van der Waals surface area contributed by atoms with E-state index in [0.29, 0.717) is 29.3 Å². The number of carbonyl (C=O) groups excluding carboxylic acids is 1. The van der Waals surface area contributed by atoms with Crippen LogP contribution in [0.25, 0.3) is 0 Å². The highest BCUT2D eigenvalue weighted by Crippen LogP contribution is 2.30. The fraction of sp³-hybridized carbons (Fsp3) is 0.346. The van der Waals surface area contributed by atoms with Crippen LogP contribution in [0, 0.1) is 12.7 Å². The number of benzene rings is 1. The smallest absolute Gasteiger partial charge is 0.255 e. The molecule has 3 heterocycles. The molecule has 1 aliphatic rings. The Morgan fingerprint density at radius 3 is 2.68 bits per heavy atom. The number of rotatable bonds is 6. The van der Waals surface area contributed by atoms with Crippen LogP contribution in [0.5, 0.6) is 0 Å². The maximum Gasteiger partial charge on any atom is 0.255 e. The number of thiocarbonyl (C=S) groups is 1. The minimum atomic E-state index is -0.240. The van der Waals surface area contributed by atoms with Gasteiger partial charge in [0.2, 0.25) is 0 Å². The molecule has 2 aromatic heterocycles. The lowest BCUT2D eigenvalue weighted by atomic mass is 9.90. The molecule has 178 valence electrons. The summed E-state index contributed by atoms with van der Waals surface area (Å²) < 4.78 is 19.3. The summed E-state index contributed by atoms with van der Waals surface area (Å²) in [5.74, 6) is 0.600. The molecule has 34 heavy (non-hydrogen) atoms. The Bertz CT molecular complexity index is 1140. The van der Waals surface area contributed by atoms with E-state index in [4.69, 9.17) is 21.6 Å². The van der Waals surface area contributed by atoms with Crippen molar-refractivity contribution in [3.05, 3.63) is 88.9 Å². The first kappa shape index (κ1) is 23.9. The van der Waals surface area contributed by atoms with Crippen LogP contribution in [0.15, 0.2) is 59.2 Å². The third-order valence-electron chi connectivity index (χ3n) is 6.17. The SMILES string of the molecule is Cc1ccc(C(=O)N(C)Cc2ccco2)c(C2CCN(C(=S)NCc3ccccc3F)CC2)n1. The zero-order valence-electron chi connectivity index (χ0n) is 19.5. The van der Waals surface area contributed by atoms with E-state index in [-0.39, 0.29) is 17.6 Å². The number of hydrogen-bond donors (Lipinski definition) is 1. The second-order valence-electron chi connectivity index (χ2n) is 8.64. The molecular weight excluding hydrogens is 451 g/mol. The molecule has 0 unspecified atom stereocenters. The zero-order valence-corrected chi connectivity index (χ0v) is 20.3. The van der Waals surface area contributed by atoms with Gasteiger partial charge in [0.25, 0.3) is 5.91 Å². The van der Waals surface area contributed by atoms with Crippen molar-refractivity contribution in [1.29, 1.82) is 0 Å². The minimum absolute atomic E-state index is 0.0663. The average molecular weight is 481 g/mol. The lowest BCUT2D eigenvalue weighted by Crippen LogP contribution is -2.44. The number of halogens is 1. The van der Waals surface area contributed by atoms with Crippen LogP contribution in [-0.2, 0) is 13.1 Å². The van der Waals surface area contributed by atoms with Gasteiger partial charge >= 0.3 is 0 Å². The predicted octanol–water partition coefficient (Wildman–Crippen LogP) is 4.65. The van der Waals surface area contributed by atoms with Crippen molar-refractivity contribution in [2.75, 3.05) is 20.1 Å². The number of nitrogens with zero attached hydrogens (tertiary/aromatic N) is 3. The van der Waals surface area contributed by atoms with E-state index >= 15 is 0 Å². The minimum Gasteiger partial charge on any atom is -0.467 e. The topological polar surface area (TPSA) is 61.6 Å². The van der Waals surface area contributed by atoms with Gasteiger partial charge in [-0.15, -0.1) is 0 Å². The number of carbonyl (C=O) groups is 1. The number of piperidine rings is 1. The van der Waals surface area contributed by atoms with Gasteiger partial charge in [-0.1, -0.05) is 18.2 Å². The highest BCUT2D eigenvalue weighted by molar-refractivity contribution is 7.80. The molecule has 1 N–H and O–H groups in total. The Morgan fingerprint density at radius 1 is 1.21 bits per heavy atom. The van der Waals surface area contributed by atoms with Gasteiger partial charge in [0.15, 0.2) is 5.11 Å². The zero-order chi connectivity index (χ0) is 24.1. The van der Waals surface area contributed by atoms with E-state index in [9.17, 15) is 9.18 Å². The summed E-state index contributed by atoms with van der Waals surface area (Å²) in [5.41, 5.74) is 2.97. The Labute approximate surface area is 204 Å². The molecule has 1 saturated heterocycles. The van der Waals surface area contributed by atoms with Crippen LogP contribution in [0.3, 0.4) is 0 Å². The van der Waals surface area contributed by atoms with Gasteiger partial charge in [-0.3, -0.25) is 9.78 Å². The molecule has 0 atom stereocenters. The largest absolute Gasteiger partial charge is 0.467 e. The fourth-order valence-electron chi connectivity index (χ4n) is 4.26. The van der Waals surface area contributed by atoms with E-state index < -0.39 is 0 Å². The number of furan rings is 1. The molecule has 1 amide bonds. The van der Waals surface area contributed by atoms with Gasteiger partial charge < -0.3 is 19.5 Å². The van der Waals surface area contributed by atoms with Gasteiger partial charge in [0.05, 0.1) is 24.1 Å². The first-order valence-electron chi connectivity index (χ1n) is 11.4. The summed E-state index contributed by atoms with van der Waals surface area (Å²) in [7, 11) is 1.77. The van der Waals surface area contributed by atoms with Crippen LogP contribution < -0.4 is 5.32 Å². The van der Waals surface area contributed by atoms with Crippen molar-refractivity contribution < 1.29 is 13.6 Å². The number of nitrogens with one attached hydrogen (secondary N) is 1. The van der Waals surface area contributed by atoms with Gasteiger partial charge in [0, 0.05) is 43.9 Å². The Balaban J connectivity index is 1.39. The van der Waals surface area contributed by atoms with Gasteiger partial charge in [-0.25, -0.2) is 4.39 Å². The highest BCUT2D eigenvalue weighted by atomic mass is 32.1. The van der Waals surface area contributed by atoms with Crippen molar-refractivity contribution in [3.63, 3.8) is 0 Å². The molecule has 0 aliphatic carbocycles. The van der Waals surface area contributed by atoms with Crippen LogP contribution >= 0.6 is 12.2 Å². The number of hydrogen-bond acceptors (Lipinski definition) is 4. The van der Waals surface area contributed by atoms with Crippen molar-refractivity contribution >= 4 is 23.2 Å². The first-order valence-corrected chi connectivity index (χ1v) is 11.8. The predicted molar refractivity (Wildman–Crippen MR) is 133 cm³/mol. The maximum absolute atomic E-state index is 13.9. The third-order valence-corrected chi connectivity index (χ3v) is 6.57. The Kier molecular flexibility index (Phi) is 7.57. The monoisotopic (exact) mass is 480 g/mol. The van der Waals surface area contributed by atoms with Crippen molar-refractivity contribution in [2.45, 2.75) is 38.8 Å². The van der Waals surface area contributed by atoms with E-state index in [1.54, 1.807) is 30.3 Å². The summed E-state index contributed by atoms with van der Waals surface area (Å²) >= 11 is 5.56. The molecule has 8 heteroatoms. The Morgan fingerprint density at radius 2 is 1.97 bits per heavy atom. The van der Waals surface area contributed by atoms with Crippen LogP contribution in [-0.4, -0.2) is 45.9 Å². The van der Waals surface area contributed by atoms with E-state index in [0.717, 1.165) is 43.1 Å². The second kappa shape index (κ2) is 10.8. The van der Waals surface area contributed by atoms with Crippen molar-refractivity contribution in [2.24, 2.45) is 0 Å². The summed E-state index contributed by atoms with van der Waals surface area (Å²) in [5, 5.41) is 3.79. The number of aryl methyl sites for hydroxylation is 1. The molecular formula is C26H29FN4O2S. The number of amides is 1. The van der Waals surface area contributed by atoms with E-state index in [2.05, 4.69) is 10.2 Å². The molecule has 3 aromatic rings. The molecule has 0 saturated carbocycles. The van der Waals surface area contributed by atoms with Crippen molar-refractivity contribution in [1.82, 2.24) is 20.1 Å². The Hall–Kier alpha value is -3.26. The molecule has 6 nitrogen and oxygen atoms in total. The lowest BCUT2D eigenvalue weighted by Gasteiger charge is -2.34. The van der Waals surface area contributed by atoms with Crippen LogP contribution in [0.2, 0.25) is 0 Å². The van der Waals surface area contributed by atoms with Crippen LogP contribution in [0.1, 0.15) is 51.8 Å². The van der Waals surface area contributed by atoms with E-state index in [1.165, 1.54) is 6.07 Å². The molecule has 1 fully saturated rings. The normalized spacial score (nSPS) is 14.1. The summed E-state index contributed by atoms with van der Waals surface area (Å²) in [6, 6.07) is 14.1. The summed E-state index contributed by atoms with van der Waals surface area (Å²) in [6.07, 6.45) is 3.27. The summed E-state index contributed by atoms with van der Waals surface area (Å²) in [4.78, 5) is 21.8. The van der Waals surface area contributed by atoms with E-state index in [1.807, 2.05) is 37.3 Å². The number of likely N-dealkylation sites (tertiary alicyclic amines) is 1. The molecule has 1 aromatic carbocycles. The molecule has 0 spiro atoms. The molecule has 0 bridgehead atoms. The first-order chi connectivity index (χ1) is 16.4. The van der Waals surface area contributed by atoms with Crippen LogP contribution in [0.4, 0.5) is 4.39 Å². The highest BCUT2D eigenvalue weighted by Gasteiger charge is 2.28. The number of pyridine rings is 1. The third kappa shape index (κ3) is 5.62.